The normalized spacial score (nSPS) is 19.5. The molecule has 0 spiro atoms. The van der Waals surface area contributed by atoms with Gasteiger partial charge >= 0.3 is 5.97 Å². The van der Waals surface area contributed by atoms with Crippen molar-refractivity contribution in [2.45, 2.75) is 50.6 Å². The fourth-order valence-corrected chi connectivity index (χ4v) is 4.96. The van der Waals surface area contributed by atoms with Crippen molar-refractivity contribution in [2.75, 3.05) is 13.7 Å². The largest absolute Gasteiger partial charge is 0.467 e. The maximum Gasteiger partial charge on any atom is 0.328 e. The second kappa shape index (κ2) is 10.8. The highest BCUT2D eigenvalue weighted by Crippen LogP contribution is 2.34. The van der Waals surface area contributed by atoms with Gasteiger partial charge in [-0.3, -0.25) is 14.4 Å². The van der Waals surface area contributed by atoms with Crippen molar-refractivity contribution in [1.82, 2.24) is 20.9 Å². The van der Waals surface area contributed by atoms with Crippen molar-refractivity contribution in [3.05, 3.63) is 34.2 Å². The quantitative estimate of drug-likeness (QED) is 0.356. The molecule has 1 aromatic carbocycles. The first-order valence-electron chi connectivity index (χ1n) is 11.7. The van der Waals surface area contributed by atoms with Crippen LogP contribution in [-0.2, 0) is 19.1 Å². The zero-order chi connectivity index (χ0) is 25.1. The van der Waals surface area contributed by atoms with Crippen LogP contribution in [0, 0.1) is 17.7 Å². The van der Waals surface area contributed by atoms with Crippen molar-refractivity contribution in [3.8, 4) is 0 Å². The standard InChI is InChI=1S/C24H28BrFN4O5/c1-35-24(34)19(9-13-3-2-6-27-21(13)31)30-22(32)17(7-12-4-5-12)29-23(33)18-10-14-8-15(26)11-16(25)20(14)28-18/h8,10-13,17,19,28H,2-7,9H2,1H3,(H,27,31)(H,29,33)(H,30,32)/t13-,17-,19-/m0/s1. The molecule has 1 saturated carbocycles. The molecule has 4 N–H and O–H groups in total. The fourth-order valence-electron chi connectivity index (χ4n) is 4.42. The number of benzene rings is 1. The number of hydrogen-bond donors (Lipinski definition) is 4. The molecule has 2 aromatic rings. The molecule has 9 nitrogen and oxygen atoms in total. The highest BCUT2D eigenvalue weighted by atomic mass is 79.9. The number of amides is 3. The van der Waals surface area contributed by atoms with Gasteiger partial charge in [-0.1, -0.05) is 12.8 Å². The molecule has 3 amide bonds. The summed E-state index contributed by atoms with van der Waals surface area (Å²) < 4.78 is 19.1. The first-order chi connectivity index (χ1) is 16.7. The van der Waals surface area contributed by atoms with Gasteiger partial charge in [-0.05, 0) is 65.7 Å². The molecule has 1 aliphatic heterocycles. The molecular formula is C24H28BrFN4O5. The number of ether oxygens (including phenoxy) is 1. The summed E-state index contributed by atoms with van der Waals surface area (Å²) >= 11 is 3.28. The van der Waals surface area contributed by atoms with Crippen LogP contribution in [0.5, 0.6) is 0 Å². The van der Waals surface area contributed by atoms with Crippen molar-refractivity contribution in [2.24, 2.45) is 11.8 Å². The first kappa shape index (κ1) is 25.2. The Morgan fingerprint density at radius 1 is 1.14 bits per heavy atom. The number of hydrogen-bond acceptors (Lipinski definition) is 5. The van der Waals surface area contributed by atoms with Crippen molar-refractivity contribution >= 4 is 50.5 Å². The van der Waals surface area contributed by atoms with Gasteiger partial charge in [0.25, 0.3) is 5.91 Å². The first-order valence-corrected chi connectivity index (χ1v) is 12.5. The SMILES string of the molecule is COC(=O)[C@H](C[C@@H]1CCCNC1=O)NC(=O)[C@H](CC1CC1)NC(=O)c1cc2cc(F)cc(Br)c2[nH]1. The Kier molecular flexibility index (Phi) is 7.73. The summed E-state index contributed by atoms with van der Waals surface area (Å²) in [5.74, 6) is -2.37. The van der Waals surface area contributed by atoms with E-state index in [2.05, 4.69) is 36.9 Å². The number of carbonyl (C=O) groups excluding carboxylic acids is 4. The second-order valence-corrected chi connectivity index (χ2v) is 10.0. The summed E-state index contributed by atoms with van der Waals surface area (Å²) in [5, 5.41) is 8.74. The number of esters is 1. The van der Waals surface area contributed by atoms with Crippen LogP contribution in [0.2, 0.25) is 0 Å². The topological polar surface area (TPSA) is 129 Å². The average Bonchev–Trinajstić information content (AvgIpc) is 3.54. The van der Waals surface area contributed by atoms with Gasteiger partial charge in [-0.25, -0.2) is 9.18 Å². The van der Waals surface area contributed by atoms with Crippen LogP contribution < -0.4 is 16.0 Å². The average molecular weight is 551 g/mol. The Balaban J connectivity index is 1.48. The summed E-state index contributed by atoms with van der Waals surface area (Å²) in [6, 6.07) is 2.23. The predicted molar refractivity (Wildman–Crippen MR) is 129 cm³/mol. The molecule has 2 heterocycles. The zero-order valence-electron chi connectivity index (χ0n) is 19.3. The summed E-state index contributed by atoms with van der Waals surface area (Å²) in [7, 11) is 1.22. The second-order valence-electron chi connectivity index (χ2n) is 9.19. The van der Waals surface area contributed by atoms with Crippen LogP contribution in [-0.4, -0.2) is 54.4 Å². The van der Waals surface area contributed by atoms with E-state index in [0.29, 0.717) is 40.7 Å². The Morgan fingerprint density at radius 3 is 2.60 bits per heavy atom. The van der Waals surface area contributed by atoms with E-state index in [-0.39, 0.29) is 18.0 Å². The van der Waals surface area contributed by atoms with Gasteiger partial charge in [0.2, 0.25) is 11.8 Å². The monoisotopic (exact) mass is 550 g/mol. The van der Waals surface area contributed by atoms with E-state index < -0.39 is 41.6 Å². The maximum atomic E-state index is 13.7. The van der Waals surface area contributed by atoms with Gasteiger partial charge in [0.05, 0.1) is 12.6 Å². The molecule has 1 aromatic heterocycles. The maximum absolute atomic E-state index is 13.7. The number of aromatic amines is 1. The van der Waals surface area contributed by atoms with Crippen LogP contribution in [0.4, 0.5) is 4.39 Å². The number of rotatable bonds is 9. The third-order valence-corrected chi connectivity index (χ3v) is 7.12. The molecule has 1 aliphatic carbocycles. The number of methoxy groups -OCH3 is 1. The minimum atomic E-state index is -1.01. The van der Waals surface area contributed by atoms with E-state index in [1.807, 2.05) is 0 Å². The Morgan fingerprint density at radius 2 is 1.91 bits per heavy atom. The lowest BCUT2D eigenvalue weighted by atomic mass is 9.91. The van der Waals surface area contributed by atoms with Gasteiger partial charge < -0.3 is 25.7 Å². The lowest BCUT2D eigenvalue weighted by Gasteiger charge is -2.27. The highest BCUT2D eigenvalue weighted by Gasteiger charge is 2.35. The lowest BCUT2D eigenvalue weighted by molar-refractivity contribution is -0.146. The number of nitrogens with one attached hydrogen (secondary N) is 4. The highest BCUT2D eigenvalue weighted by molar-refractivity contribution is 9.10. The molecule has 11 heteroatoms. The number of H-pyrrole nitrogens is 1. The van der Waals surface area contributed by atoms with Gasteiger partial charge in [0, 0.05) is 22.3 Å². The molecule has 2 fully saturated rings. The predicted octanol–water partition coefficient (Wildman–Crippen LogP) is 2.54. The minimum absolute atomic E-state index is 0.121. The number of carbonyl (C=O) groups is 4. The lowest BCUT2D eigenvalue weighted by Crippen LogP contribution is -2.53. The molecule has 188 valence electrons. The molecule has 3 atom stereocenters. The molecule has 0 unspecified atom stereocenters. The number of piperidine rings is 1. The van der Waals surface area contributed by atoms with E-state index in [4.69, 9.17) is 4.74 Å². The minimum Gasteiger partial charge on any atom is -0.467 e. The Bertz CT molecular complexity index is 1150. The van der Waals surface area contributed by atoms with Gasteiger partial charge in [-0.15, -0.1) is 0 Å². The smallest absolute Gasteiger partial charge is 0.328 e. The van der Waals surface area contributed by atoms with Gasteiger partial charge in [0.15, 0.2) is 0 Å². The summed E-state index contributed by atoms with van der Waals surface area (Å²) in [6.07, 6.45) is 3.88. The van der Waals surface area contributed by atoms with E-state index in [0.717, 1.165) is 19.3 Å². The zero-order valence-corrected chi connectivity index (χ0v) is 20.9. The van der Waals surface area contributed by atoms with Gasteiger partial charge in [-0.2, -0.15) is 0 Å². The molecule has 2 aliphatic rings. The van der Waals surface area contributed by atoms with E-state index >= 15 is 0 Å². The van der Waals surface area contributed by atoms with E-state index in [9.17, 15) is 23.6 Å². The number of fused-ring (bicyclic) bond motifs is 1. The van der Waals surface area contributed by atoms with Crippen LogP contribution in [0.25, 0.3) is 10.9 Å². The molecule has 4 rings (SSSR count). The molecule has 0 bridgehead atoms. The fraction of sp³-hybridized carbons (Fsp3) is 0.500. The number of aromatic nitrogens is 1. The Labute approximate surface area is 210 Å². The third-order valence-electron chi connectivity index (χ3n) is 6.50. The molecule has 0 radical (unpaired) electrons. The van der Waals surface area contributed by atoms with Gasteiger partial charge in [0.1, 0.15) is 23.6 Å². The van der Waals surface area contributed by atoms with Crippen molar-refractivity contribution in [1.29, 1.82) is 0 Å². The Hall–Kier alpha value is -2.95. The molecule has 35 heavy (non-hydrogen) atoms. The molecule has 1 saturated heterocycles. The number of halogens is 2. The van der Waals surface area contributed by atoms with Crippen LogP contribution in [0.1, 0.15) is 49.0 Å². The third kappa shape index (κ3) is 6.19. The van der Waals surface area contributed by atoms with E-state index in [1.54, 1.807) is 0 Å². The summed E-state index contributed by atoms with van der Waals surface area (Å²) in [6.45, 7) is 0.594. The summed E-state index contributed by atoms with van der Waals surface area (Å²) in [5.41, 5.74) is 0.750. The molecular weight excluding hydrogens is 523 g/mol. The van der Waals surface area contributed by atoms with E-state index in [1.165, 1.54) is 25.3 Å². The van der Waals surface area contributed by atoms with Crippen LogP contribution in [0.15, 0.2) is 22.7 Å². The van der Waals surface area contributed by atoms with Crippen LogP contribution >= 0.6 is 15.9 Å². The summed E-state index contributed by atoms with van der Waals surface area (Å²) in [4.78, 5) is 53.7. The van der Waals surface area contributed by atoms with Crippen LogP contribution in [0.3, 0.4) is 0 Å². The van der Waals surface area contributed by atoms with Crippen molar-refractivity contribution < 1.29 is 28.3 Å². The van der Waals surface area contributed by atoms with Crippen molar-refractivity contribution in [3.63, 3.8) is 0 Å².